The molecule has 0 aliphatic carbocycles. The van der Waals surface area contributed by atoms with Gasteiger partial charge in [0, 0.05) is 42.1 Å². The van der Waals surface area contributed by atoms with Crippen LogP contribution in [0.5, 0.6) is 23.0 Å². The molecule has 0 saturated carbocycles. The average Bonchev–Trinajstić information content (AvgIpc) is 2.88. The molecule has 0 radical (unpaired) electrons. The summed E-state index contributed by atoms with van der Waals surface area (Å²) in [7, 11) is -0.773. The Balaban J connectivity index is 1.44. The van der Waals surface area contributed by atoms with Crippen molar-refractivity contribution in [1.29, 1.82) is 0 Å². The third-order valence-electron chi connectivity index (χ3n) is 6.34. The van der Waals surface area contributed by atoms with E-state index in [1.54, 1.807) is 0 Å². The van der Waals surface area contributed by atoms with E-state index in [9.17, 15) is 0 Å². The monoisotopic (exact) mass is 457 g/mol. The van der Waals surface area contributed by atoms with Crippen molar-refractivity contribution in [3.63, 3.8) is 0 Å². The van der Waals surface area contributed by atoms with Gasteiger partial charge >= 0.3 is 0 Å². The van der Waals surface area contributed by atoms with Gasteiger partial charge in [-0.05, 0) is 60.0 Å². The number of benzene rings is 4. The van der Waals surface area contributed by atoms with E-state index in [1.165, 1.54) is 10.6 Å². The Bertz CT molecular complexity index is 1580. The Kier molecular flexibility index (Phi) is 4.33. The average molecular weight is 457 g/mol. The molecule has 2 aliphatic heterocycles. The number of nitrogens with zero attached hydrogens (tertiary/aromatic N) is 1. The third kappa shape index (κ3) is 2.98. The van der Waals surface area contributed by atoms with Gasteiger partial charge in [0.05, 0.1) is 5.30 Å². The fraction of sp³-hybridized carbons (Fsp3) is 0.0333. The first-order valence-electron chi connectivity index (χ1n) is 11.3. The van der Waals surface area contributed by atoms with Gasteiger partial charge in [-0.3, -0.25) is 4.98 Å². The Labute approximate surface area is 199 Å². The zero-order valence-corrected chi connectivity index (χ0v) is 19.4. The molecule has 34 heavy (non-hydrogen) atoms. The lowest BCUT2D eigenvalue weighted by Crippen LogP contribution is -2.32. The van der Waals surface area contributed by atoms with E-state index in [2.05, 4.69) is 90.8 Å². The molecule has 0 saturated heterocycles. The minimum Gasteiger partial charge on any atom is -0.456 e. The minimum atomic E-state index is -0.773. The van der Waals surface area contributed by atoms with Crippen molar-refractivity contribution in [2.24, 2.45) is 0 Å². The molecule has 0 N–H and O–H groups in total. The largest absolute Gasteiger partial charge is 0.456 e. The number of hydrogen-bond donors (Lipinski definition) is 0. The molecule has 0 amide bonds. The molecule has 5 aromatic rings. The zero-order chi connectivity index (χ0) is 22.6. The lowest BCUT2D eigenvalue weighted by atomic mass is 9.98. The van der Waals surface area contributed by atoms with Crippen molar-refractivity contribution in [2.75, 3.05) is 0 Å². The second kappa shape index (κ2) is 7.55. The van der Waals surface area contributed by atoms with E-state index in [1.807, 2.05) is 24.5 Å². The predicted molar refractivity (Wildman–Crippen MR) is 139 cm³/mol. The quantitative estimate of drug-likeness (QED) is 0.271. The van der Waals surface area contributed by atoms with Crippen LogP contribution in [0.3, 0.4) is 0 Å². The van der Waals surface area contributed by atoms with Crippen molar-refractivity contribution in [1.82, 2.24) is 4.98 Å². The Morgan fingerprint density at radius 3 is 2.15 bits per heavy atom. The normalized spacial score (nSPS) is 14.8. The summed E-state index contributed by atoms with van der Waals surface area (Å²) < 4.78 is 13.0. The molecule has 0 spiro atoms. The molecule has 0 bridgehead atoms. The van der Waals surface area contributed by atoms with Crippen molar-refractivity contribution in [3.05, 3.63) is 109 Å². The summed E-state index contributed by atoms with van der Waals surface area (Å²) in [5.74, 6) is 3.65. The van der Waals surface area contributed by atoms with Gasteiger partial charge in [0.2, 0.25) is 0 Å². The van der Waals surface area contributed by atoms with Crippen LogP contribution in [0.15, 0.2) is 103 Å². The smallest absolute Gasteiger partial charge is 0.147 e. The van der Waals surface area contributed by atoms with Crippen LogP contribution in [0.1, 0.15) is 5.56 Å². The van der Waals surface area contributed by atoms with Gasteiger partial charge in [-0.15, -0.1) is 0 Å². The van der Waals surface area contributed by atoms with E-state index >= 15 is 0 Å². The van der Waals surface area contributed by atoms with E-state index in [0.717, 1.165) is 56.1 Å². The number of aryl methyl sites for hydroxylation is 1. The molecule has 4 heteroatoms. The first-order valence-corrected chi connectivity index (χ1v) is 12.6. The summed E-state index contributed by atoms with van der Waals surface area (Å²) in [6.07, 6.45) is 3.80. The summed E-state index contributed by atoms with van der Waals surface area (Å²) >= 11 is 0. The zero-order valence-electron chi connectivity index (χ0n) is 18.5. The maximum atomic E-state index is 6.61. The highest BCUT2D eigenvalue weighted by atomic mass is 31.1. The van der Waals surface area contributed by atoms with Crippen LogP contribution < -0.4 is 25.4 Å². The fourth-order valence-corrected chi connectivity index (χ4v) is 7.41. The fourth-order valence-electron chi connectivity index (χ4n) is 4.81. The summed E-state index contributed by atoms with van der Waals surface area (Å²) in [6, 6.07) is 31.8. The number of aromatic nitrogens is 1. The molecular formula is C30H20NO2P. The number of hydrogen-bond acceptors (Lipinski definition) is 3. The van der Waals surface area contributed by atoms with Crippen LogP contribution >= 0.6 is 7.92 Å². The first kappa shape index (κ1) is 19.5. The molecule has 162 valence electrons. The topological polar surface area (TPSA) is 31.4 Å². The van der Waals surface area contributed by atoms with Gasteiger partial charge in [-0.25, -0.2) is 0 Å². The number of ether oxygens (including phenoxy) is 2. The van der Waals surface area contributed by atoms with Crippen LogP contribution in [0.4, 0.5) is 0 Å². The van der Waals surface area contributed by atoms with Gasteiger partial charge in [-0.2, -0.15) is 0 Å². The highest BCUT2D eigenvalue weighted by Crippen LogP contribution is 2.54. The number of fused-ring (bicyclic) bond motifs is 4. The number of pyridine rings is 1. The summed E-state index contributed by atoms with van der Waals surface area (Å²) in [5.41, 5.74) is 5.59. The summed E-state index contributed by atoms with van der Waals surface area (Å²) in [5, 5.41) is 3.63. The minimum absolute atomic E-state index is 0.773. The second-order valence-electron chi connectivity index (χ2n) is 8.60. The maximum Gasteiger partial charge on any atom is 0.147 e. The van der Waals surface area contributed by atoms with Crippen molar-refractivity contribution in [2.45, 2.75) is 6.92 Å². The summed E-state index contributed by atoms with van der Waals surface area (Å²) in [6.45, 7) is 2.07. The van der Waals surface area contributed by atoms with Gasteiger partial charge in [0.25, 0.3) is 0 Å². The van der Waals surface area contributed by atoms with Crippen molar-refractivity contribution in [3.8, 4) is 45.3 Å². The molecule has 4 aromatic carbocycles. The van der Waals surface area contributed by atoms with Crippen LogP contribution in [0, 0.1) is 6.92 Å². The molecule has 3 nitrogen and oxygen atoms in total. The third-order valence-corrected chi connectivity index (χ3v) is 8.92. The molecule has 1 unspecified atom stereocenters. The van der Waals surface area contributed by atoms with Gasteiger partial charge in [0.15, 0.2) is 0 Å². The van der Waals surface area contributed by atoms with E-state index < -0.39 is 7.92 Å². The first-order chi connectivity index (χ1) is 16.8. The molecule has 0 fully saturated rings. The van der Waals surface area contributed by atoms with Crippen molar-refractivity contribution < 1.29 is 9.47 Å². The lowest BCUT2D eigenvalue weighted by Gasteiger charge is -2.35. The Morgan fingerprint density at radius 1 is 0.618 bits per heavy atom. The van der Waals surface area contributed by atoms with Crippen LogP contribution in [-0.2, 0) is 0 Å². The predicted octanol–water partition coefficient (Wildman–Crippen LogP) is 6.69. The Morgan fingerprint density at radius 2 is 1.35 bits per heavy atom. The van der Waals surface area contributed by atoms with Crippen LogP contribution in [0.2, 0.25) is 0 Å². The van der Waals surface area contributed by atoms with E-state index in [0.29, 0.717) is 0 Å². The number of para-hydroxylation sites is 2. The standard InChI is InChI=1S/C30H20NO2P/c1-19-15-22(18-31-17-19)20-7-6-8-21(16-20)23-13-14-26-30-29(23)33-25-10-3-5-12-28(25)34(30)27-11-4-2-9-24(27)32-26/h2-18H,1H3. The van der Waals surface area contributed by atoms with E-state index in [-0.39, 0.29) is 0 Å². The van der Waals surface area contributed by atoms with Gasteiger partial charge in [0.1, 0.15) is 23.0 Å². The van der Waals surface area contributed by atoms with E-state index in [4.69, 9.17) is 9.47 Å². The molecular weight excluding hydrogens is 437 g/mol. The molecule has 7 rings (SSSR count). The molecule has 1 aromatic heterocycles. The van der Waals surface area contributed by atoms with Crippen LogP contribution in [-0.4, -0.2) is 4.98 Å². The Hall–Kier alpha value is -3.94. The lowest BCUT2D eigenvalue weighted by molar-refractivity contribution is 0.467. The highest BCUT2D eigenvalue weighted by Gasteiger charge is 2.37. The second-order valence-corrected chi connectivity index (χ2v) is 10.7. The number of rotatable bonds is 2. The van der Waals surface area contributed by atoms with Gasteiger partial charge < -0.3 is 9.47 Å². The SMILES string of the molecule is Cc1cncc(-c2cccc(-c3ccc4c5c3Oc3ccccc3P5c3ccccc3O4)c2)c1. The molecule has 2 aliphatic rings. The van der Waals surface area contributed by atoms with Gasteiger partial charge in [-0.1, -0.05) is 54.6 Å². The summed E-state index contributed by atoms with van der Waals surface area (Å²) in [4.78, 5) is 4.38. The molecule has 1 atom stereocenters. The highest BCUT2D eigenvalue weighted by molar-refractivity contribution is 7.80. The van der Waals surface area contributed by atoms with Crippen molar-refractivity contribution >= 4 is 23.8 Å². The molecule has 3 heterocycles. The van der Waals surface area contributed by atoms with Crippen LogP contribution in [0.25, 0.3) is 22.3 Å². The maximum absolute atomic E-state index is 6.61.